The average Bonchev–Trinajstić information content (AvgIpc) is 2.96. The van der Waals surface area contributed by atoms with E-state index in [4.69, 9.17) is 15.2 Å². The van der Waals surface area contributed by atoms with Crippen LogP contribution in [0.3, 0.4) is 0 Å². The van der Waals surface area contributed by atoms with Gasteiger partial charge in [-0.15, -0.1) is 0 Å². The monoisotopic (exact) mass is 245 g/mol. The highest BCUT2D eigenvalue weighted by molar-refractivity contribution is 5.92. The van der Waals surface area contributed by atoms with Crippen molar-refractivity contribution in [1.82, 2.24) is 9.78 Å². The number of fused-ring (bicyclic) bond motifs is 1. The molecule has 0 radical (unpaired) electrons. The van der Waals surface area contributed by atoms with Crippen molar-refractivity contribution < 1.29 is 14.3 Å². The third-order valence-corrected chi connectivity index (χ3v) is 2.70. The Hall–Kier alpha value is -2.50. The van der Waals surface area contributed by atoms with Crippen molar-refractivity contribution in [3.8, 4) is 11.5 Å². The molecule has 0 unspecified atom stereocenters. The Morgan fingerprint density at radius 3 is 3.00 bits per heavy atom. The van der Waals surface area contributed by atoms with Gasteiger partial charge in [0, 0.05) is 6.20 Å². The van der Waals surface area contributed by atoms with Crippen molar-refractivity contribution in [3.63, 3.8) is 0 Å². The molecule has 2 heterocycles. The van der Waals surface area contributed by atoms with Gasteiger partial charge in [0.15, 0.2) is 11.5 Å². The summed E-state index contributed by atoms with van der Waals surface area (Å²) in [7, 11) is 0. The third-order valence-electron chi connectivity index (χ3n) is 2.70. The van der Waals surface area contributed by atoms with Gasteiger partial charge >= 0.3 is 0 Å². The van der Waals surface area contributed by atoms with E-state index in [0.29, 0.717) is 12.1 Å². The number of benzene rings is 1. The highest BCUT2D eigenvalue weighted by Gasteiger charge is 2.13. The summed E-state index contributed by atoms with van der Waals surface area (Å²) in [6.45, 7) is 0.802. The molecule has 1 aliphatic rings. The molecule has 0 saturated heterocycles. The normalized spacial score (nSPS) is 12.7. The van der Waals surface area contributed by atoms with Gasteiger partial charge in [-0.05, 0) is 17.7 Å². The van der Waals surface area contributed by atoms with E-state index >= 15 is 0 Å². The fourth-order valence-corrected chi connectivity index (χ4v) is 1.80. The molecule has 0 bridgehead atoms. The number of hydrogen-bond acceptors (Lipinski definition) is 4. The molecule has 1 amide bonds. The first-order valence-corrected chi connectivity index (χ1v) is 5.43. The number of nitrogens with zero attached hydrogens (tertiary/aromatic N) is 2. The van der Waals surface area contributed by atoms with Gasteiger partial charge in [0.05, 0.1) is 18.3 Å². The van der Waals surface area contributed by atoms with E-state index in [9.17, 15) is 4.79 Å². The minimum atomic E-state index is -0.480. The van der Waals surface area contributed by atoms with Crippen LogP contribution in [0.2, 0.25) is 0 Å². The van der Waals surface area contributed by atoms with E-state index in [1.54, 1.807) is 10.9 Å². The summed E-state index contributed by atoms with van der Waals surface area (Å²) < 4.78 is 12.2. The second kappa shape index (κ2) is 4.06. The lowest BCUT2D eigenvalue weighted by molar-refractivity contribution is 0.1000. The minimum Gasteiger partial charge on any atom is -0.454 e. The van der Waals surface area contributed by atoms with Crippen LogP contribution in [0.15, 0.2) is 30.6 Å². The largest absolute Gasteiger partial charge is 0.454 e. The molecule has 6 nitrogen and oxygen atoms in total. The molecule has 1 aromatic carbocycles. The van der Waals surface area contributed by atoms with E-state index in [-0.39, 0.29) is 6.79 Å². The number of carbonyl (C=O) groups is 1. The van der Waals surface area contributed by atoms with E-state index in [1.807, 2.05) is 18.2 Å². The van der Waals surface area contributed by atoms with Gasteiger partial charge in [-0.3, -0.25) is 9.48 Å². The summed E-state index contributed by atoms with van der Waals surface area (Å²) in [5.41, 5.74) is 6.58. The average molecular weight is 245 g/mol. The summed E-state index contributed by atoms with van der Waals surface area (Å²) in [5.74, 6) is 0.999. The van der Waals surface area contributed by atoms with E-state index in [2.05, 4.69) is 5.10 Å². The zero-order chi connectivity index (χ0) is 12.5. The summed E-state index contributed by atoms with van der Waals surface area (Å²) in [6.07, 6.45) is 3.07. The topological polar surface area (TPSA) is 79.4 Å². The molecule has 2 N–H and O–H groups in total. The molecule has 0 fully saturated rings. The second-order valence-corrected chi connectivity index (χ2v) is 3.98. The van der Waals surface area contributed by atoms with Crippen LogP contribution in [0.5, 0.6) is 11.5 Å². The molecule has 3 rings (SSSR count). The standard InChI is InChI=1S/C12H11N3O3/c13-12(16)9-4-14-15(6-9)5-8-1-2-10-11(3-8)18-7-17-10/h1-4,6H,5,7H2,(H2,13,16). The predicted molar refractivity (Wildman–Crippen MR) is 62.4 cm³/mol. The Morgan fingerprint density at radius 1 is 1.39 bits per heavy atom. The first-order valence-electron chi connectivity index (χ1n) is 5.43. The number of amides is 1. The molecule has 92 valence electrons. The van der Waals surface area contributed by atoms with Gasteiger partial charge in [-0.25, -0.2) is 0 Å². The van der Waals surface area contributed by atoms with E-state index in [1.165, 1.54) is 6.20 Å². The van der Waals surface area contributed by atoms with Crippen LogP contribution >= 0.6 is 0 Å². The summed E-state index contributed by atoms with van der Waals surface area (Å²) >= 11 is 0. The Morgan fingerprint density at radius 2 is 2.22 bits per heavy atom. The first kappa shape index (κ1) is 10.6. The molecule has 0 saturated carbocycles. The number of rotatable bonds is 3. The summed E-state index contributed by atoms with van der Waals surface area (Å²) in [5, 5.41) is 4.07. The van der Waals surface area contributed by atoms with Gasteiger partial charge in [0.2, 0.25) is 6.79 Å². The highest BCUT2D eigenvalue weighted by Crippen LogP contribution is 2.32. The van der Waals surface area contributed by atoms with Gasteiger partial charge in [-0.1, -0.05) is 6.07 Å². The number of carbonyl (C=O) groups excluding carboxylic acids is 1. The molecule has 2 aromatic rings. The van der Waals surface area contributed by atoms with Gasteiger partial charge in [0.1, 0.15) is 0 Å². The molecule has 1 aromatic heterocycles. The van der Waals surface area contributed by atoms with Gasteiger partial charge in [-0.2, -0.15) is 5.10 Å². The Kier molecular flexibility index (Phi) is 2.40. The third kappa shape index (κ3) is 1.88. The number of ether oxygens (including phenoxy) is 2. The number of nitrogens with two attached hydrogens (primary N) is 1. The Bertz CT molecular complexity index is 606. The van der Waals surface area contributed by atoms with Crippen LogP contribution in [0.25, 0.3) is 0 Å². The molecular formula is C12H11N3O3. The van der Waals surface area contributed by atoms with E-state index < -0.39 is 5.91 Å². The number of aromatic nitrogens is 2. The molecule has 1 aliphatic heterocycles. The van der Waals surface area contributed by atoms with Crippen LogP contribution in [0.4, 0.5) is 0 Å². The summed E-state index contributed by atoms with van der Waals surface area (Å²) in [6, 6.07) is 5.68. The van der Waals surface area contributed by atoms with Crippen molar-refractivity contribution in [3.05, 3.63) is 41.7 Å². The molecule has 0 spiro atoms. The fourth-order valence-electron chi connectivity index (χ4n) is 1.80. The Balaban J connectivity index is 1.81. The number of primary amides is 1. The SMILES string of the molecule is NC(=O)c1cnn(Cc2ccc3c(c2)OCO3)c1. The van der Waals surface area contributed by atoms with Crippen LogP contribution in [0.1, 0.15) is 15.9 Å². The van der Waals surface area contributed by atoms with E-state index in [0.717, 1.165) is 17.1 Å². The van der Waals surface area contributed by atoms with Crippen LogP contribution in [-0.2, 0) is 6.54 Å². The number of hydrogen-bond donors (Lipinski definition) is 1. The lowest BCUT2D eigenvalue weighted by atomic mass is 10.2. The van der Waals surface area contributed by atoms with Crippen molar-refractivity contribution in [1.29, 1.82) is 0 Å². The van der Waals surface area contributed by atoms with Crippen molar-refractivity contribution >= 4 is 5.91 Å². The maximum atomic E-state index is 11.0. The maximum Gasteiger partial charge on any atom is 0.251 e. The molecular weight excluding hydrogens is 234 g/mol. The molecule has 6 heteroatoms. The smallest absolute Gasteiger partial charge is 0.251 e. The fraction of sp³-hybridized carbons (Fsp3) is 0.167. The second-order valence-electron chi connectivity index (χ2n) is 3.98. The Labute approximate surface area is 103 Å². The van der Waals surface area contributed by atoms with Crippen LogP contribution < -0.4 is 15.2 Å². The maximum absolute atomic E-state index is 11.0. The lowest BCUT2D eigenvalue weighted by Gasteiger charge is -2.03. The quantitative estimate of drug-likeness (QED) is 0.865. The lowest BCUT2D eigenvalue weighted by Crippen LogP contribution is -2.09. The highest BCUT2D eigenvalue weighted by atomic mass is 16.7. The zero-order valence-electron chi connectivity index (χ0n) is 9.50. The summed E-state index contributed by atoms with van der Waals surface area (Å²) in [4.78, 5) is 11.0. The van der Waals surface area contributed by atoms with Crippen LogP contribution in [0, 0.1) is 0 Å². The van der Waals surface area contributed by atoms with Crippen LogP contribution in [-0.4, -0.2) is 22.5 Å². The minimum absolute atomic E-state index is 0.256. The van der Waals surface area contributed by atoms with Crippen molar-refractivity contribution in [2.24, 2.45) is 5.73 Å². The van der Waals surface area contributed by atoms with Crippen molar-refractivity contribution in [2.45, 2.75) is 6.54 Å². The first-order chi connectivity index (χ1) is 8.72. The molecule has 0 atom stereocenters. The molecule has 0 aliphatic carbocycles. The zero-order valence-corrected chi connectivity index (χ0v) is 9.50. The van der Waals surface area contributed by atoms with Gasteiger partial charge in [0.25, 0.3) is 5.91 Å². The van der Waals surface area contributed by atoms with Gasteiger partial charge < -0.3 is 15.2 Å². The molecule has 18 heavy (non-hydrogen) atoms. The predicted octanol–water partition coefficient (Wildman–Crippen LogP) is 0.759. The van der Waals surface area contributed by atoms with Crippen molar-refractivity contribution in [2.75, 3.05) is 6.79 Å².